The summed E-state index contributed by atoms with van der Waals surface area (Å²) in [7, 11) is 0. The number of nitrogens with two attached hydrogens (primary N) is 1. The van der Waals surface area contributed by atoms with E-state index in [-0.39, 0.29) is 11.4 Å². The molecule has 2 aromatic carbocycles. The second-order valence-electron chi connectivity index (χ2n) is 4.34. The number of rotatable bonds is 1. The van der Waals surface area contributed by atoms with Crippen molar-refractivity contribution in [1.82, 2.24) is 0 Å². The lowest BCUT2D eigenvalue weighted by Gasteiger charge is -2.14. The van der Waals surface area contributed by atoms with Gasteiger partial charge in [0.2, 0.25) is 0 Å². The van der Waals surface area contributed by atoms with Gasteiger partial charge in [-0.05, 0) is 30.3 Å². The van der Waals surface area contributed by atoms with Gasteiger partial charge >= 0.3 is 0 Å². The minimum atomic E-state index is -0.666. The van der Waals surface area contributed by atoms with Crippen molar-refractivity contribution < 1.29 is 14.0 Å². The normalized spacial score (nSPS) is 13.8. The van der Waals surface area contributed by atoms with Gasteiger partial charge in [-0.2, -0.15) is 0 Å². The summed E-state index contributed by atoms with van der Waals surface area (Å²) >= 11 is 3.25. The summed E-state index contributed by atoms with van der Waals surface area (Å²) in [6.07, 6.45) is 0. The van der Waals surface area contributed by atoms with E-state index < -0.39 is 17.6 Å². The van der Waals surface area contributed by atoms with Crippen molar-refractivity contribution in [3.05, 3.63) is 57.8 Å². The number of carbonyl (C=O) groups excluding carboxylic acids is 2. The van der Waals surface area contributed by atoms with Crippen LogP contribution < -0.4 is 10.6 Å². The lowest BCUT2D eigenvalue weighted by molar-refractivity contribution is 0.0926. The lowest BCUT2D eigenvalue weighted by Crippen LogP contribution is -2.29. The Morgan fingerprint density at radius 1 is 1.00 bits per heavy atom. The molecule has 2 aromatic rings. The highest BCUT2D eigenvalue weighted by Crippen LogP contribution is 2.31. The van der Waals surface area contributed by atoms with Crippen LogP contribution in [0.3, 0.4) is 0 Å². The number of nitrogens with zero attached hydrogens (tertiary/aromatic N) is 1. The Balaban J connectivity index is 2.11. The highest BCUT2D eigenvalue weighted by atomic mass is 79.9. The first-order valence-corrected chi connectivity index (χ1v) is 6.51. The standard InChI is InChI=1S/C14H8BrFN2O2/c15-7-1-3-9-10(5-7)14(20)18(13(9)19)8-2-4-12(17)11(16)6-8/h1-6H,17H2. The number of anilines is 2. The van der Waals surface area contributed by atoms with Crippen LogP contribution in [0.4, 0.5) is 15.8 Å². The van der Waals surface area contributed by atoms with Gasteiger partial charge in [0.1, 0.15) is 5.82 Å². The molecule has 2 N–H and O–H groups in total. The SMILES string of the molecule is Nc1ccc(N2C(=O)c3ccc(Br)cc3C2=O)cc1F. The third kappa shape index (κ3) is 1.80. The average Bonchev–Trinajstić information content (AvgIpc) is 2.65. The Morgan fingerprint density at radius 2 is 1.70 bits per heavy atom. The molecule has 0 bridgehead atoms. The predicted molar refractivity (Wildman–Crippen MR) is 76.1 cm³/mol. The first-order valence-electron chi connectivity index (χ1n) is 5.72. The van der Waals surface area contributed by atoms with E-state index in [9.17, 15) is 14.0 Å². The zero-order valence-corrected chi connectivity index (χ0v) is 11.6. The molecule has 1 aliphatic heterocycles. The van der Waals surface area contributed by atoms with Crippen molar-refractivity contribution in [1.29, 1.82) is 0 Å². The second-order valence-corrected chi connectivity index (χ2v) is 5.26. The Kier molecular flexibility index (Phi) is 2.83. The van der Waals surface area contributed by atoms with Crippen molar-refractivity contribution in [3.8, 4) is 0 Å². The minimum absolute atomic E-state index is 0.0342. The molecule has 1 heterocycles. The van der Waals surface area contributed by atoms with E-state index in [1.807, 2.05) is 0 Å². The maximum atomic E-state index is 13.5. The topological polar surface area (TPSA) is 63.4 Å². The summed E-state index contributed by atoms with van der Waals surface area (Å²) in [5.41, 5.74) is 6.12. The molecule has 0 fully saturated rings. The molecule has 0 saturated heterocycles. The van der Waals surface area contributed by atoms with Crippen LogP contribution in [0.25, 0.3) is 0 Å². The molecule has 0 spiro atoms. The van der Waals surface area contributed by atoms with Crippen molar-refractivity contribution in [2.24, 2.45) is 0 Å². The summed E-state index contributed by atoms with van der Waals surface area (Å²) in [5, 5.41) is 0. The molecule has 0 radical (unpaired) electrons. The second kappa shape index (κ2) is 4.42. The number of imide groups is 1. The molecule has 2 amide bonds. The van der Waals surface area contributed by atoms with Crippen LogP contribution in [0.15, 0.2) is 40.9 Å². The number of hydrogen-bond donors (Lipinski definition) is 1. The van der Waals surface area contributed by atoms with Crippen molar-refractivity contribution in [2.75, 3.05) is 10.6 Å². The van der Waals surface area contributed by atoms with E-state index in [2.05, 4.69) is 15.9 Å². The molecule has 20 heavy (non-hydrogen) atoms. The van der Waals surface area contributed by atoms with Gasteiger partial charge in [0.25, 0.3) is 11.8 Å². The van der Waals surface area contributed by atoms with Crippen LogP contribution in [-0.2, 0) is 0 Å². The van der Waals surface area contributed by atoms with Crippen LogP contribution >= 0.6 is 15.9 Å². The average molecular weight is 335 g/mol. The third-order valence-corrected chi connectivity index (χ3v) is 3.58. The molecule has 0 unspecified atom stereocenters. The maximum Gasteiger partial charge on any atom is 0.266 e. The Bertz CT molecular complexity index is 761. The van der Waals surface area contributed by atoms with Gasteiger partial charge in [0, 0.05) is 10.5 Å². The van der Waals surface area contributed by atoms with Crippen molar-refractivity contribution in [2.45, 2.75) is 0 Å². The fourth-order valence-electron chi connectivity index (χ4n) is 2.10. The summed E-state index contributed by atoms with van der Waals surface area (Å²) in [6.45, 7) is 0. The van der Waals surface area contributed by atoms with E-state index in [1.165, 1.54) is 12.1 Å². The van der Waals surface area contributed by atoms with E-state index in [0.29, 0.717) is 15.6 Å². The molecule has 0 aliphatic carbocycles. The summed E-state index contributed by atoms with van der Waals surface area (Å²) in [5.74, 6) is -1.61. The molecule has 0 aromatic heterocycles. The Labute approximate surface area is 122 Å². The molecule has 0 saturated carbocycles. The highest BCUT2D eigenvalue weighted by molar-refractivity contribution is 9.10. The molecule has 0 atom stereocenters. The number of hydrogen-bond acceptors (Lipinski definition) is 3. The van der Waals surface area contributed by atoms with E-state index in [0.717, 1.165) is 11.0 Å². The smallest absolute Gasteiger partial charge is 0.266 e. The van der Waals surface area contributed by atoms with Gasteiger partial charge in [-0.3, -0.25) is 9.59 Å². The molecule has 100 valence electrons. The lowest BCUT2D eigenvalue weighted by atomic mass is 10.1. The Hall–Kier alpha value is -2.21. The van der Waals surface area contributed by atoms with E-state index in [1.54, 1.807) is 18.2 Å². The molecular formula is C14H8BrFN2O2. The van der Waals surface area contributed by atoms with Crippen LogP contribution in [0.1, 0.15) is 20.7 Å². The molecule has 4 nitrogen and oxygen atoms in total. The predicted octanol–water partition coefficient (Wildman–Crippen LogP) is 2.97. The van der Waals surface area contributed by atoms with Gasteiger partial charge < -0.3 is 5.73 Å². The first-order chi connectivity index (χ1) is 9.49. The number of amides is 2. The highest BCUT2D eigenvalue weighted by Gasteiger charge is 2.36. The quantitative estimate of drug-likeness (QED) is 0.644. The van der Waals surface area contributed by atoms with Crippen LogP contribution in [0, 0.1) is 5.82 Å². The van der Waals surface area contributed by atoms with Gasteiger partial charge in [0.15, 0.2) is 0 Å². The van der Waals surface area contributed by atoms with E-state index >= 15 is 0 Å². The number of carbonyl (C=O) groups is 2. The monoisotopic (exact) mass is 334 g/mol. The number of halogens is 2. The number of benzene rings is 2. The van der Waals surface area contributed by atoms with E-state index in [4.69, 9.17) is 5.73 Å². The van der Waals surface area contributed by atoms with Crippen molar-refractivity contribution in [3.63, 3.8) is 0 Å². The zero-order chi connectivity index (χ0) is 14.4. The maximum absolute atomic E-state index is 13.5. The van der Waals surface area contributed by atoms with Crippen LogP contribution in [-0.4, -0.2) is 11.8 Å². The van der Waals surface area contributed by atoms with Crippen LogP contribution in [0.2, 0.25) is 0 Å². The third-order valence-electron chi connectivity index (χ3n) is 3.09. The molecular weight excluding hydrogens is 327 g/mol. The number of fused-ring (bicyclic) bond motifs is 1. The molecule has 6 heteroatoms. The number of nitrogen functional groups attached to an aromatic ring is 1. The van der Waals surface area contributed by atoms with Gasteiger partial charge in [-0.25, -0.2) is 9.29 Å². The Morgan fingerprint density at radius 3 is 2.40 bits per heavy atom. The molecule has 3 rings (SSSR count). The van der Waals surface area contributed by atoms with Gasteiger partial charge in [-0.1, -0.05) is 15.9 Å². The largest absolute Gasteiger partial charge is 0.396 e. The fraction of sp³-hybridized carbons (Fsp3) is 0. The van der Waals surface area contributed by atoms with Crippen molar-refractivity contribution >= 4 is 39.1 Å². The zero-order valence-electron chi connectivity index (χ0n) is 10.1. The molecule has 1 aliphatic rings. The fourth-order valence-corrected chi connectivity index (χ4v) is 2.46. The minimum Gasteiger partial charge on any atom is -0.396 e. The first kappa shape index (κ1) is 12.8. The summed E-state index contributed by atoms with van der Waals surface area (Å²) in [6, 6.07) is 8.65. The van der Waals surface area contributed by atoms with Gasteiger partial charge in [-0.15, -0.1) is 0 Å². The van der Waals surface area contributed by atoms with Gasteiger partial charge in [0.05, 0.1) is 22.5 Å². The summed E-state index contributed by atoms with van der Waals surface area (Å²) in [4.78, 5) is 25.5. The summed E-state index contributed by atoms with van der Waals surface area (Å²) < 4.78 is 14.2. The van der Waals surface area contributed by atoms with Crippen LogP contribution in [0.5, 0.6) is 0 Å².